The average molecular weight is 349 g/mol. The topological polar surface area (TPSA) is 43.4 Å². The largest absolute Gasteiger partial charge is 0.270 e. The Balaban J connectivity index is 3.24. The van der Waals surface area contributed by atoms with Crippen LogP contribution in [0.25, 0.3) is 0 Å². The molecule has 0 amide bonds. The van der Waals surface area contributed by atoms with Gasteiger partial charge in [0.1, 0.15) is 0 Å². The van der Waals surface area contributed by atoms with E-state index in [1.54, 1.807) is 0 Å². The van der Waals surface area contributed by atoms with E-state index in [0.29, 0.717) is 6.61 Å². The van der Waals surface area contributed by atoms with Crippen LogP contribution in [0.1, 0.15) is 110 Å². The molecule has 0 rings (SSSR count). The smallest absolute Gasteiger partial charge is 0.267 e. The molecule has 0 aliphatic heterocycles. The van der Waals surface area contributed by atoms with E-state index in [1.165, 1.54) is 64.2 Å². The van der Waals surface area contributed by atoms with Gasteiger partial charge in [-0.3, -0.25) is 4.18 Å². The number of hydrogen-bond acceptors (Lipinski definition) is 3. The lowest BCUT2D eigenvalue weighted by molar-refractivity contribution is 0.305. The molecule has 0 aliphatic rings. The Kier molecular flexibility index (Phi) is 16.7. The van der Waals surface area contributed by atoms with E-state index in [2.05, 4.69) is 13.8 Å². The van der Waals surface area contributed by atoms with E-state index in [0.717, 1.165) is 32.1 Å². The summed E-state index contributed by atoms with van der Waals surface area (Å²) in [4.78, 5) is 0. The van der Waals surface area contributed by atoms with Crippen molar-refractivity contribution < 1.29 is 12.6 Å². The van der Waals surface area contributed by atoms with Crippen molar-refractivity contribution in [3.8, 4) is 0 Å². The molecule has 0 unspecified atom stereocenters. The molecule has 0 fully saturated rings. The molecule has 23 heavy (non-hydrogen) atoms. The van der Waals surface area contributed by atoms with Crippen molar-refractivity contribution in [3.63, 3.8) is 0 Å². The summed E-state index contributed by atoms with van der Waals surface area (Å²) in [5.41, 5.74) is 0. The van der Waals surface area contributed by atoms with Crippen LogP contribution in [0, 0.1) is 0 Å². The Labute approximate surface area is 145 Å². The summed E-state index contributed by atoms with van der Waals surface area (Å²) in [5.74, 6) is 0.180. The summed E-state index contributed by atoms with van der Waals surface area (Å²) >= 11 is 0. The Morgan fingerprint density at radius 1 is 0.565 bits per heavy atom. The third-order valence-electron chi connectivity index (χ3n) is 4.26. The predicted molar refractivity (Wildman–Crippen MR) is 100 cm³/mol. The zero-order chi connectivity index (χ0) is 17.2. The summed E-state index contributed by atoms with van der Waals surface area (Å²) in [6.07, 6.45) is 18.1. The minimum absolute atomic E-state index is 0.180. The Morgan fingerprint density at radius 2 is 0.957 bits per heavy atom. The molecule has 3 nitrogen and oxygen atoms in total. The van der Waals surface area contributed by atoms with Gasteiger partial charge in [-0.2, -0.15) is 8.42 Å². The van der Waals surface area contributed by atoms with Crippen molar-refractivity contribution in [1.82, 2.24) is 0 Å². The first-order valence-electron chi connectivity index (χ1n) is 9.99. The van der Waals surface area contributed by atoms with Gasteiger partial charge >= 0.3 is 0 Å². The van der Waals surface area contributed by atoms with E-state index in [1.807, 2.05) is 0 Å². The molecule has 0 saturated carbocycles. The quantitative estimate of drug-likeness (QED) is 0.218. The molecule has 4 heteroatoms. The second kappa shape index (κ2) is 16.8. The fraction of sp³-hybridized carbons (Fsp3) is 1.00. The SMILES string of the molecule is CCCCCCCCCCCCCCOS(=O)(=O)CCCCC. The molecule has 0 aromatic heterocycles. The highest BCUT2D eigenvalue weighted by atomic mass is 32.2. The first kappa shape index (κ1) is 22.9. The van der Waals surface area contributed by atoms with Gasteiger partial charge in [0.05, 0.1) is 12.4 Å². The maximum atomic E-state index is 11.6. The highest BCUT2D eigenvalue weighted by Crippen LogP contribution is 2.12. The first-order chi connectivity index (χ1) is 11.1. The van der Waals surface area contributed by atoms with Gasteiger partial charge in [0.25, 0.3) is 10.1 Å². The van der Waals surface area contributed by atoms with Gasteiger partial charge in [0, 0.05) is 0 Å². The van der Waals surface area contributed by atoms with Crippen LogP contribution in [0.4, 0.5) is 0 Å². The summed E-state index contributed by atoms with van der Waals surface area (Å²) in [5, 5.41) is 0. The van der Waals surface area contributed by atoms with E-state index in [-0.39, 0.29) is 5.75 Å². The lowest BCUT2D eigenvalue weighted by atomic mass is 10.1. The van der Waals surface area contributed by atoms with Crippen molar-refractivity contribution in [3.05, 3.63) is 0 Å². The minimum Gasteiger partial charge on any atom is -0.270 e. The third-order valence-corrected chi connectivity index (χ3v) is 5.57. The van der Waals surface area contributed by atoms with E-state index < -0.39 is 10.1 Å². The fourth-order valence-electron chi connectivity index (χ4n) is 2.72. The monoisotopic (exact) mass is 348 g/mol. The van der Waals surface area contributed by atoms with Crippen LogP contribution < -0.4 is 0 Å². The van der Waals surface area contributed by atoms with E-state index in [4.69, 9.17) is 4.18 Å². The van der Waals surface area contributed by atoms with Gasteiger partial charge in [-0.15, -0.1) is 0 Å². The third kappa shape index (κ3) is 18.1. The Bertz CT molecular complexity index is 326. The molecule has 0 aliphatic carbocycles. The van der Waals surface area contributed by atoms with Crippen LogP contribution >= 0.6 is 0 Å². The Morgan fingerprint density at radius 3 is 1.43 bits per heavy atom. The van der Waals surface area contributed by atoms with Gasteiger partial charge in [-0.05, 0) is 12.8 Å². The van der Waals surface area contributed by atoms with Crippen molar-refractivity contribution in [2.45, 2.75) is 110 Å². The lowest BCUT2D eigenvalue weighted by Crippen LogP contribution is -2.11. The molecular formula is C19H40O3S. The summed E-state index contributed by atoms with van der Waals surface area (Å²) in [6, 6.07) is 0. The summed E-state index contributed by atoms with van der Waals surface area (Å²) in [7, 11) is -3.27. The van der Waals surface area contributed by atoms with Crippen molar-refractivity contribution in [2.24, 2.45) is 0 Å². The number of unbranched alkanes of at least 4 members (excludes halogenated alkanes) is 13. The Hall–Kier alpha value is -0.0900. The van der Waals surface area contributed by atoms with Crippen LogP contribution in [-0.4, -0.2) is 20.8 Å². The standard InChI is InChI=1S/C19H40O3S/c1-3-5-7-8-9-10-11-12-13-14-15-16-18-22-23(20,21)19-17-6-4-2/h3-19H2,1-2H3. The minimum atomic E-state index is -3.27. The molecule has 0 saturated heterocycles. The molecule has 0 atom stereocenters. The second-order valence-electron chi connectivity index (χ2n) is 6.68. The molecule has 0 heterocycles. The molecule has 0 radical (unpaired) electrons. The van der Waals surface area contributed by atoms with Crippen molar-refractivity contribution in [1.29, 1.82) is 0 Å². The molecule has 0 N–H and O–H groups in total. The fourth-order valence-corrected chi connectivity index (χ4v) is 3.76. The summed E-state index contributed by atoms with van der Waals surface area (Å²) < 4.78 is 28.2. The molecule has 0 aromatic carbocycles. The van der Waals surface area contributed by atoms with Crippen molar-refractivity contribution in [2.75, 3.05) is 12.4 Å². The lowest BCUT2D eigenvalue weighted by Gasteiger charge is -2.05. The normalized spacial score (nSPS) is 11.9. The number of hydrogen-bond donors (Lipinski definition) is 0. The van der Waals surface area contributed by atoms with Gasteiger partial charge < -0.3 is 0 Å². The maximum absolute atomic E-state index is 11.6. The van der Waals surface area contributed by atoms with Gasteiger partial charge in [0.2, 0.25) is 0 Å². The molecule has 0 spiro atoms. The zero-order valence-corrected chi connectivity index (χ0v) is 16.5. The zero-order valence-electron chi connectivity index (χ0n) is 15.7. The van der Waals surface area contributed by atoms with Gasteiger partial charge in [-0.25, -0.2) is 0 Å². The van der Waals surface area contributed by atoms with Gasteiger partial charge in [-0.1, -0.05) is 97.3 Å². The first-order valence-corrected chi connectivity index (χ1v) is 11.6. The molecule has 0 bridgehead atoms. The highest BCUT2D eigenvalue weighted by molar-refractivity contribution is 7.86. The van der Waals surface area contributed by atoms with Gasteiger partial charge in [0.15, 0.2) is 0 Å². The van der Waals surface area contributed by atoms with Crippen LogP contribution in [0.15, 0.2) is 0 Å². The van der Waals surface area contributed by atoms with Crippen LogP contribution in [0.3, 0.4) is 0 Å². The maximum Gasteiger partial charge on any atom is 0.267 e. The molecule has 140 valence electrons. The van der Waals surface area contributed by atoms with Crippen LogP contribution in [-0.2, 0) is 14.3 Å². The van der Waals surface area contributed by atoms with Crippen molar-refractivity contribution >= 4 is 10.1 Å². The molecule has 0 aromatic rings. The van der Waals surface area contributed by atoms with E-state index in [9.17, 15) is 8.42 Å². The number of rotatable bonds is 18. The predicted octanol–water partition coefficient (Wildman–Crippen LogP) is 6.22. The molecular weight excluding hydrogens is 308 g/mol. The second-order valence-corrected chi connectivity index (χ2v) is 8.44. The van der Waals surface area contributed by atoms with Crippen LogP contribution in [0.5, 0.6) is 0 Å². The van der Waals surface area contributed by atoms with E-state index >= 15 is 0 Å². The summed E-state index contributed by atoms with van der Waals surface area (Å²) in [6.45, 7) is 4.69. The van der Waals surface area contributed by atoms with Crippen LogP contribution in [0.2, 0.25) is 0 Å². The average Bonchev–Trinajstić information content (AvgIpc) is 2.52. The highest BCUT2D eigenvalue weighted by Gasteiger charge is 2.09.